The van der Waals surface area contributed by atoms with Gasteiger partial charge in [-0.05, 0) is 27.8 Å². The molecule has 19 heavy (non-hydrogen) atoms. The van der Waals surface area contributed by atoms with Crippen molar-refractivity contribution < 1.29 is 0 Å². The molecule has 1 aliphatic carbocycles. The maximum atomic E-state index is 2.26. The van der Waals surface area contributed by atoms with Crippen LogP contribution >= 0.6 is 0 Å². The molecule has 0 atom stereocenters. The van der Waals surface area contributed by atoms with E-state index in [0.29, 0.717) is 5.92 Å². The van der Waals surface area contributed by atoms with Crippen LogP contribution in [0.15, 0.2) is 78.9 Å². The zero-order chi connectivity index (χ0) is 12.7. The molecule has 0 fully saturated rings. The van der Waals surface area contributed by atoms with Crippen LogP contribution < -0.4 is 0 Å². The van der Waals surface area contributed by atoms with Gasteiger partial charge >= 0.3 is 0 Å². The molecule has 0 nitrogen and oxygen atoms in total. The molecule has 0 heterocycles. The van der Waals surface area contributed by atoms with E-state index in [2.05, 4.69) is 78.9 Å². The summed E-state index contributed by atoms with van der Waals surface area (Å²) in [5.41, 5.74) is 6.99. The Morgan fingerprint density at radius 2 is 0.947 bits per heavy atom. The minimum atomic E-state index is 0.383. The highest BCUT2D eigenvalue weighted by Crippen LogP contribution is 2.47. The van der Waals surface area contributed by atoms with Crippen molar-refractivity contribution in [2.45, 2.75) is 5.92 Å². The second-order valence-electron chi connectivity index (χ2n) is 5.02. The van der Waals surface area contributed by atoms with Crippen LogP contribution in [0.25, 0.3) is 11.1 Å². The van der Waals surface area contributed by atoms with E-state index >= 15 is 0 Å². The second kappa shape index (κ2) is 4.10. The van der Waals surface area contributed by atoms with Gasteiger partial charge in [0, 0.05) is 5.92 Å². The maximum Gasteiger partial charge on any atom is 0.0352 e. The predicted molar refractivity (Wildman–Crippen MR) is 79.3 cm³/mol. The fourth-order valence-corrected chi connectivity index (χ4v) is 3.16. The average molecular weight is 242 g/mol. The number of fused-ring (bicyclic) bond motifs is 3. The summed E-state index contributed by atoms with van der Waals surface area (Å²) in [6.45, 7) is 0. The van der Waals surface area contributed by atoms with Gasteiger partial charge in [0.1, 0.15) is 0 Å². The standard InChI is InChI=1S/C19H14/c1-2-8-14(9-3-1)19-17-12-6-4-10-15(17)16-11-5-7-13-18(16)19/h1-13,19H. The summed E-state index contributed by atoms with van der Waals surface area (Å²) in [6.07, 6.45) is 0. The van der Waals surface area contributed by atoms with E-state index in [1.54, 1.807) is 0 Å². The van der Waals surface area contributed by atoms with E-state index < -0.39 is 0 Å². The molecule has 0 aliphatic heterocycles. The van der Waals surface area contributed by atoms with Crippen LogP contribution in [0, 0.1) is 0 Å². The molecule has 3 aromatic rings. The summed E-state index contributed by atoms with van der Waals surface area (Å²) in [4.78, 5) is 0. The zero-order valence-corrected chi connectivity index (χ0v) is 10.6. The van der Waals surface area contributed by atoms with Crippen molar-refractivity contribution in [3.63, 3.8) is 0 Å². The second-order valence-corrected chi connectivity index (χ2v) is 5.02. The molecule has 0 spiro atoms. The van der Waals surface area contributed by atoms with Crippen LogP contribution in [-0.4, -0.2) is 0 Å². The molecule has 3 aromatic carbocycles. The van der Waals surface area contributed by atoms with Crippen LogP contribution in [0.3, 0.4) is 0 Å². The third-order valence-electron chi connectivity index (χ3n) is 3.97. The molecule has 0 bridgehead atoms. The van der Waals surface area contributed by atoms with Crippen molar-refractivity contribution in [1.29, 1.82) is 0 Å². The Kier molecular flexibility index (Phi) is 2.28. The van der Waals surface area contributed by atoms with E-state index in [9.17, 15) is 0 Å². The number of hydrogen-bond donors (Lipinski definition) is 0. The van der Waals surface area contributed by atoms with Crippen LogP contribution in [0.4, 0.5) is 0 Å². The van der Waals surface area contributed by atoms with Gasteiger partial charge in [-0.1, -0.05) is 78.9 Å². The lowest BCUT2D eigenvalue weighted by Gasteiger charge is -2.13. The Hall–Kier alpha value is -2.34. The van der Waals surface area contributed by atoms with Crippen molar-refractivity contribution in [2.75, 3.05) is 0 Å². The fraction of sp³-hybridized carbons (Fsp3) is 0.0526. The third-order valence-corrected chi connectivity index (χ3v) is 3.97. The Bertz CT molecular complexity index is 680. The van der Waals surface area contributed by atoms with Crippen LogP contribution in [-0.2, 0) is 0 Å². The van der Waals surface area contributed by atoms with E-state index in [1.165, 1.54) is 27.8 Å². The van der Waals surface area contributed by atoms with Crippen molar-refractivity contribution in [1.82, 2.24) is 0 Å². The summed E-state index contributed by atoms with van der Waals surface area (Å²) in [5, 5.41) is 0. The van der Waals surface area contributed by atoms with Gasteiger partial charge in [0.25, 0.3) is 0 Å². The van der Waals surface area contributed by atoms with E-state index in [0.717, 1.165) is 0 Å². The highest BCUT2D eigenvalue weighted by Gasteiger charge is 2.28. The molecule has 0 aromatic heterocycles. The normalized spacial score (nSPS) is 13.1. The van der Waals surface area contributed by atoms with Crippen LogP contribution in [0.2, 0.25) is 0 Å². The summed E-state index contributed by atoms with van der Waals surface area (Å²) in [7, 11) is 0. The smallest absolute Gasteiger partial charge is 0.0352 e. The lowest BCUT2D eigenvalue weighted by Crippen LogP contribution is -1.98. The van der Waals surface area contributed by atoms with E-state index in [-0.39, 0.29) is 0 Å². The van der Waals surface area contributed by atoms with Gasteiger partial charge in [0.05, 0.1) is 0 Å². The molecule has 0 saturated carbocycles. The summed E-state index contributed by atoms with van der Waals surface area (Å²) in [5.74, 6) is 0.383. The Balaban J connectivity index is 2.02. The van der Waals surface area contributed by atoms with Gasteiger partial charge < -0.3 is 0 Å². The van der Waals surface area contributed by atoms with Crippen molar-refractivity contribution >= 4 is 0 Å². The van der Waals surface area contributed by atoms with Gasteiger partial charge in [0.15, 0.2) is 0 Å². The predicted octanol–water partition coefficient (Wildman–Crippen LogP) is 4.85. The molecular formula is C19H14. The number of rotatable bonds is 1. The van der Waals surface area contributed by atoms with Crippen molar-refractivity contribution in [3.05, 3.63) is 95.6 Å². The summed E-state index contributed by atoms with van der Waals surface area (Å²) < 4.78 is 0. The molecule has 90 valence electrons. The number of hydrogen-bond acceptors (Lipinski definition) is 0. The minimum absolute atomic E-state index is 0.383. The van der Waals surface area contributed by atoms with Gasteiger partial charge in [-0.25, -0.2) is 0 Å². The van der Waals surface area contributed by atoms with Crippen LogP contribution in [0.5, 0.6) is 0 Å². The molecule has 0 amide bonds. The molecule has 4 rings (SSSR count). The first-order valence-electron chi connectivity index (χ1n) is 6.68. The van der Waals surface area contributed by atoms with E-state index in [1.807, 2.05) is 0 Å². The first-order valence-corrected chi connectivity index (χ1v) is 6.68. The average Bonchev–Trinajstić information content (AvgIpc) is 2.83. The largest absolute Gasteiger partial charge is 0.0622 e. The third kappa shape index (κ3) is 1.53. The van der Waals surface area contributed by atoms with Crippen molar-refractivity contribution in [2.24, 2.45) is 0 Å². The molecule has 0 unspecified atom stereocenters. The molecule has 0 N–H and O–H groups in total. The Morgan fingerprint density at radius 1 is 0.474 bits per heavy atom. The minimum Gasteiger partial charge on any atom is -0.0622 e. The first-order chi connectivity index (χ1) is 9.45. The van der Waals surface area contributed by atoms with Gasteiger partial charge in [-0.3, -0.25) is 0 Å². The van der Waals surface area contributed by atoms with Gasteiger partial charge in [0.2, 0.25) is 0 Å². The first kappa shape index (κ1) is 10.6. The molecular weight excluding hydrogens is 228 g/mol. The highest BCUT2D eigenvalue weighted by molar-refractivity contribution is 5.80. The van der Waals surface area contributed by atoms with Gasteiger partial charge in [-0.15, -0.1) is 0 Å². The summed E-state index contributed by atoms with van der Waals surface area (Å²) in [6, 6.07) is 28.3. The topological polar surface area (TPSA) is 0 Å². The lowest BCUT2D eigenvalue weighted by atomic mass is 9.89. The Labute approximate surface area is 113 Å². The van der Waals surface area contributed by atoms with Crippen molar-refractivity contribution in [3.8, 4) is 11.1 Å². The Morgan fingerprint density at radius 3 is 1.53 bits per heavy atom. The molecule has 0 radical (unpaired) electrons. The highest BCUT2D eigenvalue weighted by atomic mass is 14.3. The monoisotopic (exact) mass is 242 g/mol. The zero-order valence-electron chi connectivity index (χ0n) is 10.6. The SMILES string of the molecule is c1ccc(C2c3ccccc3-c3ccccc32)cc1. The van der Waals surface area contributed by atoms with Crippen LogP contribution in [0.1, 0.15) is 22.6 Å². The molecule has 0 saturated heterocycles. The lowest BCUT2D eigenvalue weighted by molar-refractivity contribution is 1.02. The quantitative estimate of drug-likeness (QED) is 0.447. The fourth-order valence-electron chi connectivity index (χ4n) is 3.16. The maximum absolute atomic E-state index is 2.26. The van der Waals surface area contributed by atoms with Gasteiger partial charge in [-0.2, -0.15) is 0 Å². The van der Waals surface area contributed by atoms with E-state index in [4.69, 9.17) is 0 Å². The summed E-state index contributed by atoms with van der Waals surface area (Å²) >= 11 is 0. The molecule has 0 heteroatoms. The molecule has 1 aliphatic rings. The number of benzene rings is 3.